The normalized spacial score (nSPS) is 15.2. The number of sulfonamides is 1. The average Bonchev–Trinajstić information content (AvgIpc) is 3.41. The maximum Gasteiger partial charge on any atom is 0.242 e. The highest BCUT2D eigenvalue weighted by Gasteiger charge is 2.27. The van der Waals surface area contributed by atoms with Crippen molar-refractivity contribution >= 4 is 60.7 Å². The zero-order valence-electron chi connectivity index (χ0n) is 22.2. The first kappa shape index (κ1) is 28.6. The molecule has 1 aromatic heterocycles. The molecule has 2 heterocycles. The number of aromatic nitrogens is 2. The van der Waals surface area contributed by atoms with Gasteiger partial charge in [-0.2, -0.15) is 4.98 Å². The molecule has 1 atom stereocenters. The predicted molar refractivity (Wildman–Crippen MR) is 156 cm³/mol. The Labute approximate surface area is 237 Å². The van der Waals surface area contributed by atoms with Gasteiger partial charge in [0, 0.05) is 45.0 Å². The van der Waals surface area contributed by atoms with E-state index in [2.05, 4.69) is 46.2 Å². The van der Waals surface area contributed by atoms with Crippen LogP contribution in [0.15, 0.2) is 58.0 Å². The summed E-state index contributed by atoms with van der Waals surface area (Å²) in [7, 11) is -0.477. The van der Waals surface area contributed by atoms with E-state index in [1.165, 1.54) is 13.1 Å². The molecule has 0 radical (unpaired) electrons. The summed E-state index contributed by atoms with van der Waals surface area (Å²) in [6.45, 7) is 5.57. The molecule has 1 amide bonds. The van der Waals surface area contributed by atoms with E-state index in [9.17, 15) is 13.2 Å². The Morgan fingerprint density at radius 1 is 1.21 bits per heavy atom. The molecular formula is C26H32BrN7O4S. The molecule has 208 valence electrons. The number of benzene rings is 2. The lowest BCUT2D eigenvalue weighted by atomic mass is 10.2. The summed E-state index contributed by atoms with van der Waals surface area (Å²) in [5.74, 6) is 1.39. The lowest BCUT2D eigenvalue weighted by molar-refractivity contribution is -0.129. The van der Waals surface area contributed by atoms with Gasteiger partial charge in [0.25, 0.3) is 0 Å². The lowest BCUT2D eigenvalue weighted by Gasteiger charge is -2.25. The Morgan fingerprint density at radius 2 is 1.97 bits per heavy atom. The molecule has 1 unspecified atom stereocenters. The fraction of sp³-hybridized carbons (Fsp3) is 0.346. The van der Waals surface area contributed by atoms with Crippen LogP contribution in [0.4, 0.5) is 28.8 Å². The van der Waals surface area contributed by atoms with Crippen molar-refractivity contribution in [3.63, 3.8) is 0 Å². The molecule has 1 saturated heterocycles. The van der Waals surface area contributed by atoms with Gasteiger partial charge in [0.1, 0.15) is 16.5 Å². The van der Waals surface area contributed by atoms with Crippen LogP contribution in [-0.4, -0.2) is 69.0 Å². The SMILES string of the molecule is CCOc1cc(N2CCC(N(C)C(C)=O)C2)ccc1Nc1ncc(Br)c(Nc2ccccc2S(=O)(=O)NC)n1. The number of amides is 1. The molecule has 4 rings (SSSR count). The third kappa shape index (κ3) is 6.60. The molecule has 1 aliphatic heterocycles. The molecule has 11 nitrogen and oxygen atoms in total. The van der Waals surface area contributed by atoms with Gasteiger partial charge in [-0.1, -0.05) is 12.1 Å². The quantitative estimate of drug-likeness (QED) is 0.308. The van der Waals surface area contributed by atoms with Gasteiger partial charge in [0.15, 0.2) is 0 Å². The molecule has 3 N–H and O–H groups in total. The average molecular weight is 619 g/mol. The predicted octanol–water partition coefficient (Wildman–Crippen LogP) is 4.09. The minimum Gasteiger partial charge on any atom is -0.492 e. The summed E-state index contributed by atoms with van der Waals surface area (Å²) in [6, 6.07) is 12.6. The van der Waals surface area contributed by atoms with E-state index in [1.54, 1.807) is 36.2 Å². The Morgan fingerprint density at radius 3 is 2.69 bits per heavy atom. The Kier molecular flexibility index (Phi) is 8.93. The van der Waals surface area contributed by atoms with Crippen LogP contribution in [0.2, 0.25) is 0 Å². The van der Waals surface area contributed by atoms with Crippen molar-refractivity contribution in [3.05, 3.63) is 53.1 Å². The zero-order chi connectivity index (χ0) is 28.2. The first-order valence-electron chi connectivity index (χ1n) is 12.5. The van der Waals surface area contributed by atoms with Crippen molar-refractivity contribution in [3.8, 4) is 5.75 Å². The summed E-state index contributed by atoms with van der Waals surface area (Å²) < 4.78 is 33.8. The molecule has 13 heteroatoms. The summed E-state index contributed by atoms with van der Waals surface area (Å²) in [6.07, 6.45) is 2.48. The van der Waals surface area contributed by atoms with Crippen LogP contribution < -0.4 is 25.0 Å². The molecule has 3 aromatic rings. The second kappa shape index (κ2) is 12.2. The summed E-state index contributed by atoms with van der Waals surface area (Å²) in [5, 5.41) is 6.31. The van der Waals surface area contributed by atoms with Crippen molar-refractivity contribution in [2.24, 2.45) is 0 Å². The molecule has 0 saturated carbocycles. The van der Waals surface area contributed by atoms with Crippen LogP contribution in [0.3, 0.4) is 0 Å². The van der Waals surface area contributed by atoms with Crippen molar-refractivity contribution < 1.29 is 17.9 Å². The number of ether oxygens (including phenoxy) is 1. The third-order valence-electron chi connectivity index (χ3n) is 6.53. The van der Waals surface area contributed by atoms with Gasteiger partial charge >= 0.3 is 0 Å². The number of hydrogen-bond donors (Lipinski definition) is 3. The highest BCUT2D eigenvalue weighted by atomic mass is 79.9. The molecule has 39 heavy (non-hydrogen) atoms. The van der Waals surface area contributed by atoms with Crippen LogP contribution in [0.1, 0.15) is 20.3 Å². The zero-order valence-corrected chi connectivity index (χ0v) is 24.6. The molecule has 1 aliphatic rings. The number of likely N-dealkylation sites (N-methyl/N-ethyl adjacent to an activating group) is 1. The highest BCUT2D eigenvalue weighted by molar-refractivity contribution is 9.10. The molecule has 0 spiro atoms. The third-order valence-corrected chi connectivity index (χ3v) is 8.58. The second-order valence-electron chi connectivity index (χ2n) is 8.98. The number of nitrogens with one attached hydrogen (secondary N) is 3. The van der Waals surface area contributed by atoms with E-state index in [1.807, 2.05) is 32.2 Å². The summed E-state index contributed by atoms with van der Waals surface area (Å²) in [4.78, 5) is 24.8. The van der Waals surface area contributed by atoms with E-state index in [4.69, 9.17) is 4.74 Å². The van der Waals surface area contributed by atoms with E-state index in [0.29, 0.717) is 40.0 Å². The van der Waals surface area contributed by atoms with Gasteiger partial charge in [-0.25, -0.2) is 18.1 Å². The Balaban J connectivity index is 1.57. The van der Waals surface area contributed by atoms with E-state index >= 15 is 0 Å². The minimum atomic E-state index is -3.68. The number of carbonyl (C=O) groups excluding carboxylic acids is 1. The van der Waals surface area contributed by atoms with Gasteiger partial charge in [-0.05, 0) is 60.6 Å². The van der Waals surface area contributed by atoms with Gasteiger partial charge < -0.3 is 25.2 Å². The highest BCUT2D eigenvalue weighted by Crippen LogP contribution is 2.35. The van der Waals surface area contributed by atoms with Gasteiger partial charge in [-0.3, -0.25) is 4.79 Å². The molecule has 0 aliphatic carbocycles. The van der Waals surface area contributed by atoms with Crippen LogP contribution in [0, 0.1) is 0 Å². The summed E-state index contributed by atoms with van der Waals surface area (Å²) in [5.41, 5.74) is 2.06. The standard InChI is InChI=1S/C26H32BrN7O4S/c1-5-38-23-14-18(34-13-12-19(16-34)33(4)17(2)35)10-11-21(23)31-26-29-15-20(27)25(32-26)30-22-8-6-7-9-24(22)39(36,37)28-3/h6-11,14-15,19,28H,5,12-13,16H2,1-4H3,(H2,29,30,31,32). The number of anilines is 5. The Hall–Kier alpha value is -3.42. The number of hydrogen-bond acceptors (Lipinski definition) is 9. The molecule has 1 fully saturated rings. The molecular weight excluding hydrogens is 586 g/mol. The largest absolute Gasteiger partial charge is 0.492 e. The second-order valence-corrected chi connectivity index (χ2v) is 11.7. The fourth-order valence-corrected chi connectivity index (χ4v) is 5.49. The number of halogens is 1. The lowest BCUT2D eigenvalue weighted by Crippen LogP contribution is -2.37. The Bertz CT molecular complexity index is 1450. The van der Waals surface area contributed by atoms with Gasteiger partial charge in [0.2, 0.25) is 21.9 Å². The van der Waals surface area contributed by atoms with Crippen LogP contribution in [0.25, 0.3) is 0 Å². The maximum atomic E-state index is 12.5. The number of nitrogens with zero attached hydrogens (tertiary/aromatic N) is 4. The number of para-hydroxylation sites is 1. The monoisotopic (exact) mass is 617 g/mol. The van der Waals surface area contributed by atoms with Crippen molar-refractivity contribution in [2.45, 2.75) is 31.2 Å². The summed E-state index contributed by atoms with van der Waals surface area (Å²) >= 11 is 3.44. The van der Waals surface area contributed by atoms with E-state index < -0.39 is 10.0 Å². The van der Waals surface area contributed by atoms with E-state index in [0.717, 1.165) is 25.2 Å². The van der Waals surface area contributed by atoms with Gasteiger partial charge in [-0.15, -0.1) is 0 Å². The van der Waals surface area contributed by atoms with Gasteiger partial charge in [0.05, 0.1) is 28.5 Å². The van der Waals surface area contributed by atoms with Crippen LogP contribution >= 0.6 is 15.9 Å². The minimum absolute atomic E-state index is 0.0619. The van der Waals surface area contributed by atoms with Crippen molar-refractivity contribution in [1.29, 1.82) is 0 Å². The van der Waals surface area contributed by atoms with Crippen LogP contribution in [-0.2, 0) is 14.8 Å². The molecule has 2 aromatic carbocycles. The topological polar surface area (TPSA) is 129 Å². The number of carbonyl (C=O) groups is 1. The first-order chi connectivity index (χ1) is 18.6. The van der Waals surface area contributed by atoms with Crippen molar-refractivity contribution in [2.75, 3.05) is 49.3 Å². The fourth-order valence-electron chi connectivity index (χ4n) is 4.31. The maximum absolute atomic E-state index is 12.5. The smallest absolute Gasteiger partial charge is 0.242 e. The van der Waals surface area contributed by atoms with Crippen LogP contribution in [0.5, 0.6) is 5.75 Å². The molecule has 0 bridgehead atoms. The first-order valence-corrected chi connectivity index (χ1v) is 14.7. The van der Waals surface area contributed by atoms with Crippen molar-refractivity contribution in [1.82, 2.24) is 19.6 Å². The number of rotatable bonds is 10. The van der Waals surface area contributed by atoms with E-state index in [-0.39, 0.29) is 16.8 Å².